The number of rotatable bonds is 9. The fraction of sp³-hybridized carbons (Fsp3) is 0.172. The van der Waals surface area contributed by atoms with Gasteiger partial charge in [-0.1, -0.05) is 67.1 Å². The number of nitriles is 2. The molecule has 2 N–H and O–H groups in total. The average molecular weight is 566 g/mol. The standard InChI is InChI=1S/C29H24ClN9S/c1-3-6-26-34-27-24(30)13-21(33-29(40-2)20(15-31)16-32)14-25(27)39(26)17-18-9-11-19(12-10-18)22-7-4-5-8-23(22)28-35-37-38-36-28/h4-5,7-14,33H,3,6,17H2,1-2H3,(H,35,36,37,38). The van der Waals surface area contributed by atoms with Crippen molar-refractivity contribution in [3.63, 3.8) is 0 Å². The molecule has 0 saturated heterocycles. The van der Waals surface area contributed by atoms with Crippen molar-refractivity contribution in [3.05, 3.63) is 87.7 Å². The summed E-state index contributed by atoms with van der Waals surface area (Å²) < 4.78 is 2.18. The van der Waals surface area contributed by atoms with Crippen LogP contribution in [0.1, 0.15) is 24.7 Å². The fourth-order valence-corrected chi connectivity index (χ4v) is 5.32. The first-order valence-electron chi connectivity index (χ1n) is 12.5. The molecule has 2 aromatic heterocycles. The summed E-state index contributed by atoms with van der Waals surface area (Å²) in [5, 5.41) is 37.3. The molecule has 5 rings (SSSR count). The van der Waals surface area contributed by atoms with Gasteiger partial charge in [-0.05, 0) is 46.7 Å². The molecule has 0 aliphatic carbocycles. The Labute approximate surface area is 240 Å². The lowest BCUT2D eigenvalue weighted by atomic mass is 9.98. The molecular weight excluding hydrogens is 542 g/mol. The quantitative estimate of drug-likeness (QED) is 0.192. The molecule has 3 aromatic carbocycles. The Kier molecular flexibility index (Phi) is 8.11. The van der Waals surface area contributed by atoms with E-state index in [9.17, 15) is 10.5 Å². The van der Waals surface area contributed by atoms with Gasteiger partial charge in [0.2, 0.25) is 5.82 Å². The minimum atomic E-state index is 0.0184. The van der Waals surface area contributed by atoms with Gasteiger partial charge in [-0.25, -0.2) is 4.98 Å². The van der Waals surface area contributed by atoms with Crippen molar-refractivity contribution in [1.29, 1.82) is 10.5 Å². The Morgan fingerprint density at radius 1 is 1.07 bits per heavy atom. The number of aromatic amines is 1. The van der Waals surface area contributed by atoms with E-state index >= 15 is 0 Å². The monoisotopic (exact) mass is 565 g/mol. The summed E-state index contributed by atoms with van der Waals surface area (Å²) in [6.07, 6.45) is 3.54. The predicted octanol–water partition coefficient (Wildman–Crippen LogP) is 6.57. The summed E-state index contributed by atoms with van der Waals surface area (Å²) in [5.74, 6) is 1.49. The average Bonchev–Trinajstić information content (AvgIpc) is 3.63. The highest BCUT2D eigenvalue weighted by Gasteiger charge is 2.17. The number of H-pyrrole nitrogens is 1. The van der Waals surface area contributed by atoms with Gasteiger partial charge < -0.3 is 9.88 Å². The van der Waals surface area contributed by atoms with Crippen molar-refractivity contribution in [2.45, 2.75) is 26.3 Å². The number of anilines is 1. The van der Waals surface area contributed by atoms with Crippen molar-refractivity contribution >= 4 is 40.1 Å². The van der Waals surface area contributed by atoms with Crippen molar-refractivity contribution in [2.75, 3.05) is 11.6 Å². The van der Waals surface area contributed by atoms with Crippen LogP contribution in [-0.4, -0.2) is 36.4 Å². The number of imidazole rings is 1. The maximum absolute atomic E-state index is 9.32. The number of aryl methyl sites for hydroxylation is 1. The minimum absolute atomic E-state index is 0.0184. The van der Waals surface area contributed by atoms with Crippen LogP contribution in [0.3, 0.4) is 0 Å². The third-order valence-corrected chi connectivity index (χ3v) is 7.39. The fourth-order valence-electron chi connectivity index (χ4n) is 4.54. The van der Waals surface area contributed by atoms with E-state index in [0.29, 0.717) is 28.1 Å². The van der Waals surface area contributed by atoms with Crippen molar-refractivity contribution in [3.8, 4) is 34.7 Å². The van der Waals surface area contributed by atoms with E-state index in [1.807, 2.05) is 48.7 Å². The highest BCUT2D eigenvalue weighted by atomic mass is 35.5. The molecule has 0 unspecified atom stereocenters. The molecule has 0 spiro atoms. The van der Waals surface area contributed by atoms with Crippen LogP contribution in [0, 0.1) is 22.7 Å². The van der Waals surface area contributed by atoms with E-state index in [4.69, 9.17) is 16.6 Å². The van der Waals surface area contributed by atoms with Crippen LogP contribution < -0.4 is 5.32 Å². The molecule has 0 saturated carbocycles. The van der Waals surface area contributed by atoms with Crippen LogP contribution in [-0.2, 0) is 13.0 Å². The molecule has 0 atom stereocenters. The van der Waals surface area contributed by atoms with E-state index in [1.54, 1.807) is 6.07 Å². The third kappa shape index (κ3) is 5.41. The van der Waals surface area contributed by atoms with Crippen LogP contribution >= 0.6 is 23.4 Å². The molecule has 5 aromatic rings. The molecule has 0 amide bonds. The van der Waals surface area contributed by atoms with Gasteiger partial charge in [0.05, 0.1) is 10.5 Å². The molecule has 2 heterocycles. The number of thioether (sulfide) groups is 1. The Hall–Kier alpha value is -4.64. The zero-order valence-electron chi connectivity index (χ0n) is 21.8. The third-order valence-electron chi connectivity index (χ3n) is 6.39. The molecule has 9 nitrogen and oxygen atoms in total. The number of aromatic nitrogens is 6. The Morgan fingerprint density at radius 2 is 1.82 bits per heavy atom. The zero-order chi connectivity index (χ0) is 28.1. The lowest BCUT2D eigenvalue weighted by molar-refractivity contribution is 0.722. The van der Waals surface area contributed by atoms with Gasteiger partial charge in [0.1, 0.15) is 28.5 Å². The second kappa shape index (κ2) is 12.0. The molecule has 0 aliphatic heterocycles. The van der Waals surface area contributed by atoms with E-state index in [1.165, 1.54) is 11.8 Å². The van der Waals surface area contributed by atoms with Crippen LogP contribution in [0.2, 0.25) is 5.02 Å². The number of fused-ring (bicyclic) bond motifs is 1. The van der Waals surface area contributed by atoms with Gasteiger partial charge in [0, 0.05) is 24.2 Å². The minimum Gasteiger partial charge on any atom is -0.348 e. The summed E-state index contributed by atoms with van der Waals surface area (Å²) in [5.41, 5.74) is 6.37. The van der Waals surface area contributed by atoms with E-state index in [2.05, 4.69) is 61.7 Å². The maximum Gasteiger partial charge on any atom is 0.205 e. The number of nitrogens with zero attached hydrogens (tertiary/aromatic N) is 7. The van der Waals surface area contributed by atoms with Crippen molar-refractivity contribution in [2.24, 2.45) is 0 Å². The Balaban J connectivity index is 1.51. The van der Waals surface area contributed by atoms with E-state index < -0.39 is 0 Å². The van der Waals surface area contributed by atoms with Crippen molar-refractivity contribution < 1.29 is 0 Å². The van der Waals surface area contributed by atoms with Gasteiger partial charge in [-0.2, -0.15) is 15.7 Å². The second-order valence-corrected chi connectivity index (χ2v) is 10.1. The summed E-state index contributed by atoms with van der Waals surface area (Å²) in [7, 11) is 0. The predicted molar refractivity (Wildman–Crippen MR) is 158 cm³/mol. The first kappa shape index (κ1) is 26.9. The van der Waals surface area contributed by atoms with Crippen LogP contribution in [0.4, 0.5) is 5.69 Å². The smallest absolute Gasteiger partial charge is 0.205 e. The summed E-state index contributed by atoms with van der Waals surface area (Å²) in [6.45, 7) is 2.72. The SMILES string of the molecule is CCCc1nc2c(Cl)cc(NC(SC)=C(C#N)C#N)cc2n1Cc1ccc(-c2ccccc2-c2nn[nH]n2)cc1. The molecule has 0 radical (unpaired) electrons. The second-order valence-electron chi connectivity index (χ2n) is 8.92. The molecule has 0 fully saturated rings. The largest absolute Gasteiger partial charge is 0.348 e. The molecule has 198 valence electrons. The normalized spacial score (nSPS) is 10.7. The topological polar surface area (TPSA) is 132 Å². The molecule has 11 heteroatoms. The lowest BCUT2D eigenvalue weighted by Gasteiger charge is -2.13. The van der Waals surface area contributed by atoms with Gasteiger partial charge in [0.15, 0.2) is 5.57 Å². The summed E-state index contributed by atoms with van der Waals surface area (Å²) >= 11 is 7.98. The van der Waals surface area contributed by atoms with Gasteiger partial charge in [0.25, 0.3) is 0 Å². The number of halogens is 1. The zero-order valence-corrected chi connectivity index (χ0v) is 23.4. The summed E-state index contributed by atoms with van der Waals surface area (Å²) in [4.78, 5) is 4.87. The molecule has 0 bridgehead atoms. The molecule has 0 aliphatic rings. The molecule has 40 heavy (non-hydrogen) atoms. The highest BCUT2D eigenvalue weighted by Crippen LogP contribution is 2.33. The molecular formula is C29H24ClN9S. The number of tetrazole rings is 1. The number of hydrogen-bond donors (Lipinski definition) is 2. The summed E-state index contributed by atoms with van der Waals surface area (Å²) in [6, 6.07) is 24.0. The number of allylic oxidation sites excluding steroid dienone is 1. The number of nitrogens with one attached hydrogen (secondary N) is 2. The van der Waals surface area contributed by atoms with E-state index in [-0.39, 0.29) is 5.57 Å². The van der Waals surface area contributed by atoms with Crippen LogP contribution in [0.25, 0.3) is 33.5 Å². The lowest BCUT2D eigenvalue weighted by Crippen LogP contribution is -2.05. The van der Waals surface area contributed by atoms with Gasteiger partial charge in [-0.15, -0.1) is 22.0 Å². The van der Waals surface area contributed by atoms with Crippen molar-refractivity contribution in [1.82, 2.24) is 30.2 Å². The maximum atomic E-state index is 9.32. The van der Waals surface area contributed by atoms with Crippen LogP contribution in [0.5, 0.6) is 0 Å². The highest BCUT2D eigenvalue weighted by molar-refractivity contribution is 8.02. The number of benzene rings is 3. The first-order valence-corrected chi connectivity index (χ1v) is 14.1. The Bertz CT molecular complexity index is 1760. The Morgan fingerprint density at radius 3 is 2.48 bits per heavy atom. The van der Waals surface area contributed by atoms with Crippen LogP contribution in [0.15, 0.2) is 71.3 Å². The van der Waals surface area contributed by atoms with Gasteiger partial charge in [-0.3, -0.25) is 0 Å². The number of hydrogen-bond acceptors (Lipinski definition) is 8. The first-order chi connectivity index (χ1) is 19.6. The van der Waals surface area contributed by atoms with Gasteiger partial charge >= 0.3 is 0 Å². The van der Waals surface area contributed by atoms with E-state index in [0.717, 1.165) is 52.0 Å².